The van der Waals surface area contributed by atoms with Crippen molar-refractivity contribution in [3.8, 4) is 0 Å². The number of hydrogen-bond donors (Lipinski definition) is 2. The number of hydrogen-bond acceptors (Lipinski definition) is 2. The van der Waals surface area contributed by atoms with Gasteiger partial charge < -0.3 is 11.5 Å². The molecular formula is C15H32N2. The van der Waals surface area contributed by atoms with Gasteiger partial charge in [0.1, 0.15) is 0 Å². The molecule has 1 fully saturated rings. The van der Waals surface area contributed by atoms with Crippen LogP contribution < -0.4 is 11.5 Å². The Balaban J connectivity index is 2.95. The molecule has 0 spiro atoms. The third-order valence-electron chi connectivity index (χ3n) is 4.90. The largest absolute Gasteiger partial charge is 0.327 e. The third kappa shape index (κ3) is 3.03. The molecule has 0 aromatic carbocycles. The van der Waals surface area contributed by atoms with Crippen LogP contribution in [0.1, 0.15) is 48.0 Å². The SMILES string of the molecule is CC(C)C1CC(C(C)C)C(N)C(C(C)C)C1N. The summed E-state index contributed by atoms with van der Waals surface area (Å²) in [7, 11) is 0. The molecular weight excluding hydrogens is 208 g/mol. The second-order valence-electron chi connectivity index (χ2n) is 7.03. The molecule has 4 N–H and O–H groups in total. The summed E-state index contributed by atoms with van der Waals surface area (Å²) in [6.45, 7) is 13.7. The molecule has 1 aliphatic carbocycles. The fourth-order valence-corrected chi connectivity index (χ4v) is 3.78. The molecule has 0 bridgehead atoms. The molecule has 4 unspecified atom stereocenters. The van der Waals surface area contributed by atoms with Gasteiger partial charge in [-0.3, -0.25) is 0 Å². The predicted octanol–water partition coefficient (Wildman–Crippen LogP) is 2.86. The van der Waals surface area contributed by atoms with Crippen LogP contribution in [-0.4, -0.2) is 12.1 Å². The van der Waals surface area contributed by atoms with E-state index < -0.39 is 0 Å². The molecule has 0 aliphatic heterocycles. The first-order chi connectivity index (χ1) is 7.77. The van der Waals surface area contributed by atoms with E-state index >= 15 is 0 Å². The van der Waals surface area contributed by atoms with Gasteiger partial charge in [0.25, 0.3) is 0 Å². The summed E-state index contributed by atoms with van der Waals surface area (Å²) in [4.78, 5) is 0. The summed E-state index contributed by atoms with van der Waals surface area (Å²) < 4.78 is 0. The van der Waals surface area contributed by atoms with E-state index in [2.05, 4.69) is 41.5 Å². The zero-order chi connectivity index (χ0) is 13.3. The van der Waals surface area contributed by atoms with E-state index in [-0.39, 0.29) is 12.1 Å². The first-order valence-corrected chi connectivity index (χ1v) is 7.28. The van der Waals surface area contributed by atoms with Gasteiger partial charge in [0.2, 0.25) is 0 Å². The molecule has 17 heavy (non-hydrogen) atoms. The van der Waals surface area contributed by atoms with Crippen molar-refractivity contribution in [2.24, 2.45) is 47.0 Å². The van der Waals surface area contributed by atoms with Crippen LogP contribution in [0.5, 0.6) is 0 Å². The van der Waals surface area contributed by atoms with Gasteiger partial charge in [-0.15, -0.1) is 0 Å². The molecule has 1 aliphatic rings. The van der Waals surface area contributed by atoms with Crippen molar-refractivity contribution in [2.45, 2.75) is 60.0 Å². The maximum atomic E-state index is 6.50. The molecule has 4 atom stereocenters. The second-order valence-corrected chi connectivity index (χ2v) is 7.03. The Morgan fingerprint density at radius 2 is 1.06 bits per heavy atom. The van der Waals surface area contributed by atoms with E-state index in [0.29, 0.717) is 35.5 Å². The van der Waals surface area contributed by atoms with Gasteiger partial charge >= 0.3 is 0 Å². The molecule has 0 saturated heterocycles. The summed E-state index contributed by atoms with van der Waals surface area (Å²) in [6, 6.07) is 0.556. The van der Waals surface area contributed by atoms with Crippen LogP contribution in [0.15, 0.2) is 0 Å². The van der Waals surface area contributed by atoms with Gasteiger partial charge in [0, 0.05) is 12.1 Å². The van der Waals surface area contributed by atoms with Crippen LogP contribution in [0, 0.1) is 35.5 Å². The van der Waals surface area contributed by atoms with E-state index in [0.717, 1.165) is 0 Å². The van der Waals surface area contributed by atoms with Crippen molar-refractivity contribution >= 4 is 0 Å². The lowest BCUT2D eigenvalue weighted by molar-refractivity contribution is 0.0532. The topological polar surface area (TPSA) is 52.0 Å². The lowest BCUT2D eigenvalue weighted by Gasteiger charge is -2.49. The molecule has 2 nitrogen and oxygen atoms in total. The van der Waals surface area contributed by atoms with Crippen molar-refractivity contribution < 1.29 is 0 Å². The average Bonchev–Trinajstić information content (AvgIpc) is 2.15. The Bertz CT molecular complexity index is 215. The Labute approximate surface area is 108 Å². The summed E-state index contributed by atoms with van der Waals surface area (Å²) in [5.41, 5.74) is 13.0. The highest BCUT2D eigenvalue weighted by Gasteiger charge is 2.44. The van der Waals surface area contributed by atoms with E-state index in [1.807, 2.05) is 0 Å². The maximum absolute atomic E-state index is 6.50. The normalized spacial score (nSPS) is 39.4. The maximum Gasteiger partial charge on any atom is 0.0115 e. The van der Waals surface area contributed by atoms with E-state index in [9.17, 15) is 0 Å². The van der Waals surface area contributed by atoms with Crippen molar-refractivity contribution in [2.75, 3.05) is 0 Å². The molecule has 2 heteroatoms. The van der Waals surface area contributed by atoms with Gasteiger partial charge in [0.05, 0.1) is 0 Å². The Kier molecular flexibility index (Phi) is 5.03. The number of rotatable bonds is 3. The summed E-state index contributed by atoms with van der Waals surface area (Å²) in [5.74, 6) is 3.66. The van der Waals surface area contributed by atoms with Gasteiger partial charge in [-0.2, -0.15) is 0 Å². The summed E-state index contributed by atoms with van der Waals surface area (Å²) in [5, 5.41) is 0. The van der Waals surface area contributed by atoms with Crippen molar-refractivity contribution in [3.63, 3.8) is 0 Å². The third-order valence-corrected chi connectivity index (χ3v) is 4.90. The summed E-state index contributed by atoms with van der Waals surface area (Å²) >= 11 is 0. The fraction of sp³-hybridized carbons (Fsp3) is 1.00. The minimum absolute atomic E-state index is 0.278. The second kappa shape index (κ2) is 5.71. The minimum Gasteiger partial charge on any atom is -0.327 e. The zero-order valence-electron chi connectivity index (χ0n) is 12.5. The van der Waals surface area contributed by atoms with Gasteiger partial charge in [-0.25, -0.2) is 0 Å². The average molecular weight is 240 g/mol. The Morgan fingerprint density at radius 3 is 1.29 bits per heavy atom. The molecule has 0 heterocycles. The Morgan fingerprint density at radius 1 is 0.706 bits per heavy atom. The van der Waals surface area contributed by atoms with Crippen molar-refractivity contribution in [1.29, 1.82) is 0 Å². The van der Waals surface area contributed by atoms with Crippen LogP contribution in [0.4, 0.5) is 0 Å². The van der Waals surface area contributed by atoms with Crippen molar-refractivity contribution in [1.82, 2.24) is 0 Å². The quantitative estimate of drug-likeness (QED) is 0.797. The standard InChI is InChI=1S/C15H32N2/c1-8(2)11-7-12(9(3)4)15(17)13(10(5)6)14(11)16/h8-15H,7,16-17H2,1-6H3. The first kappa shape index (κ1) is 15.0. The van der Waals surface area contributed by atoms with Gasteiger partial charge in [0.15, 0.2) is 0 Å². The number of nitrogens with two attached hydrogens (primary N) is 2. The molecule has 0 aromatic heterocycles. The molecule has 0 radical (unpaired) electrons. The molecule has 1 saturated carbocycles. The van der Waals surface area contributed by atoms with Crippen LogP contribution in [-0.2, 0) is 0 Å². The van der Waals surface area contributed by atoms with E-state index in [4.69, 9.17) is 11.5 Å². The van der Waals surface area contributed by atoms with E-state index in [1.54, 1.807) is 0 Å². The highest BCUT2D eigenvalue weighted by atomic mass is 14.8. The smallest absolute Gasteiger partial charge is 0.0115 e. The monoisotopic (exact) mass is 240 g/mol. The van der Waals surface area contributed by atoms with Gasteiger partial charge in [-0.05, 0) is 41.9 Å². The molecule has 0 aromatic rings. The Hall–Kier alpha value is -0.0800. The fourth-order valence-electron chi connectivity index (χ4n) is 3.78. The highest BCUT2D eigenvalue weighted by Crippen LogP contribution is 2.41. The molecule has 1 rings (SSSR count). The van der Waals surface area contributed by atoms with E-state index in [1.165, 1.54) is 6.42 Å². The van der Waals surface area contributed by atoms with Crippen molar-refractivity contribution in [3.05, 3.63) is 0 Å². The molecule has 102 valence electrons. The van der Waals surface area contributed by atoms with Crippen LogP contribution in [0.3, 0.4) is 0 Å². The first-order valence-electron chi connectivity index (χ1n) is 7.28. The van der Waals surface area contributed by atoms with Gasteiger partial charge in [-0.1, -0.05) is 41.5 Å². The highest BCUT2D eigenvalue weighted by molar-refractivity contribution is 4.99. The summed E-state index contributed by atoms with van der Waals surface area (Å²) in [6.07, 6.45) is 1.21. The van der Waals surface area contributed by atoms with Crippen LogP contribution in [0.2, 0.25) is 0 Å². The van der Waals surface area contributed by atoms with Crippen LogP contribution in [0.25, 0.3) is 0 Å². The molecule has 0 amide bonds. The zero-order valence-corrected chi connectivity index (χ0v) is 12.5. The minimum atomic E-state index is 0.278. The lowest BCUT2D eigenvalue weighted by Crippen LogP contribution is -2.58. The lowest BCUT2D eigenvalue weighted by atomic mass is 9.60. The van der Waals surface area contributed by atoms with Crippen LogP contribution >= 0.6 is 0 Å². The predicted molar refractivity (Wildman–Crippen MR) is 75.6 cm³/mol.